The monoisotopic (exact) mass is 296 g/mol. The Balaban J connectivity index is 1.47. The van der Waals surface area contributed by atoms with Crippen LogP contribution >= 0.6 is 11.8 Å². The molecule has 110 valence electrons. The van der Waals surface area contributed by atoms with Gasteiger partial charge >= 0.3 is 0 Å². The summed E-state index contributed by atoms with van der Waals surface area (Å²) in [6.07, 6.45) is 9.93. The van der Waals surface area contributed by atoms with Gasteiger partial charge in [0.2, 0.25) is 0 Å². The first-order valence-corrected chi connectivity index (χ1v) is 9.04. The van der Waals surface area contributed by atoms with Gasteiger partial charge in [0.15, 0.2) is 0 Å². The maximum Gasteiger partial charge on any atom is 0.0122 e. The van der Waals surface area contributed by atoms with E-state index in [9.17, 15) is 0 Å². The van der Waals surface area contributed by atoms with Gasteiger partial charge < -0.3 is 0 Å². The second kappa shape index (κ2) is 7.70. The topological polar surface area (TPSA) is 0 Å². The van der Waals surface area contributed by atoms with Gasteiger partial charge in [-0.2, -0.15) is 0 Å². The second-order valence-electron chi connectivity index (χ2n) is 6.10. The lowest BCUT2D eigenvalue weighted by atomic mass is 9.98. The predicted octanol–water partition coefficient (Wildman–Crippen LogP) is 6.35. The van der Waals surface area contributed by atoms with Crippen molar-refractivity contribution < 1.29 is 0 Å². The minimum Gasteiger partial charge on any atom is -0.0901 e. The van der Waals surface area contributed by atoms with Crippen molar-refractivity contribution >= 4 is 11.8 Å². The van der Waals surface area contributed by atoms with E-state index in [0.29, 0.717) is 0 Å². The molecule has 0 unspecified atom stereocenters. The van der Waals surface area contributed by atoms with Gasteiger partial charge in [-0.05, 0) is 48.6 Å². The Kier molecular flexibility index (Phi) is 5.40. The SMILES string of the molecule is c1ccc(Sc2ccc(CCCC3CCCC3)cc2)cc1. The molecule has 1 saturated carbocycles. The molecule has 21 heavy (non-hydrogen) atoms. The first-order valence-electron chi connectivity index (χ1n) is 8.22. The Morgan fingerprint density at radius 2 is 1.48 bits per heavy atom. The van der Waals surface area contributed by atoms with Crippen molar-refractivity contribution in [2.75, 3.05) is 0 Å². The molecule has 0 nitrogen and oxygen atoms in total. The smallest absolute Gasteiger partial charge is 0.0122 e. The van der Waals surface area contributed by atoms with E-state index in [4.69, 9.17) is 0 Å². The third-order valence-corrected chi connectivity index (χ3v) is 5.47. The van der Waals surface area contributed by atoms with Crippen molar-refractivity contribution in [1.82, 2.24) is 0 Å². The first kappa shape index (κ1) is 14.7. The molecule has 0 spiro atoms. The highest BCUT2D eigenvalue weighted by Gasteiger charge is 2.13. The van der Waals surface area contributed by atoms with Crippen LogP contribution < -0.4 is 0 Å². The van der Waals surface area contributed by atoms with Gasteiger partial charge in [-0.3, -0.25) is 0 Å². The zero-order valence-corrected chi connectivity index (χ0v) is 13.4. The summed E-state index contributed by atoms with van der Waals surface area (Å²) in [5.74, 6) is 1.03. The predicted molar refractivity (Wildman–Crippen MR) is 91.9 cm³/mol. The van der Waals surface area contributed by atoms with Gasteiger partial charge in [-0.25, -0.2) is 0 Å². The number of rotatable bonds is 6. The third kappa shape index (κ3) is 4.64. The molecule has 0 amide bonds. The van der Waals surface area contributed by atoms with E-state index in [-0.39, 0.29) is 0 Å². The van der Waals surface area contributed by atoms with Crippen LogP contribution in [-0.2, 0) is 6.42 Å². The summed E-state index contributed by atoms with van der Waals surface area (Å²) < 4.78 is 0. The van der Waals surface area contributed by atoms with E-state index in [1.165, 1.54) is 60.3 Å². The van der Waals surface area contributed by atoms with E-state index in [0.717, 1.165) is 5.92 Å². The minimum atomic E-state index is 1.03. The van der Waals surface area contributed by atoms with Crippen molar-refractivity contribution in [1.29, 1.82) is 0 Å². The number of hydrogen-bond acceptors (Lipinski definition) is 1. The van der Waals surface area contributed by atoms with E-state index in [1.54, 1.807) is 0 Å². The summed E-state index contributed by atoms with van der Waals surface area (Å²) in [6, 6.07) is 19.7. The molecule has 0 atom stereocenters. The Morgan fingerprint density at radius 3 is 2.19 bits per heavy atom. The highest BCUT2D eigenvalue weighted by Crippen LogP contribution is 2.30. The van der Waals surface area contributed by atoms with Gasteiger partial charge in [0.25, 0.3) is 0 Å². The molecule has 1 heteroatoms. The number of aryl methyl sites for hydroxylation is 1. The highest BCUT2D eigenvalue weighted by molar-refractivity contribution is 7.99. The van der Waals surface area contributed by atoms with Crippen LogP contribution in [0.5, 0.6) is 0 Å². The lowest BCUT2D eigenvalue weighted by Gasteiger charge is -2.08. The Labute approximate surface area is 133 Å². The molecule has 0 radical (unpaired) electrons. The fourth-order valence-corrected chi connectivity index (χ4v) is 4.08. The zero-order valence-electron chi connectivity index (χ0n) is 12.6. The van der Waals surface area contributed by atoms with Crippen LogP contribution in [0.15, 0.2) is 64.4 Å². The molecule has 1 aliphatic carbocycles. The largest absolute Gasteiger partial charge is 0.0901 e. The van der Waals surface area contributed by atoms with Crippen LogP contribution in [0.1, 0.15) is 44.1 Å². The van der Waals surface area contributed by atoms with E-state index < -0.39 is 0 Å². The molecule has 1 fully saturated rings. The quantitative estimate of drug-likeness (QED) is 0.598. The van der Waals surface area contributed by atoms with Crippen LogP contribution in [0.25, 0.3) is 0 Å². The van der Waals surface area contributed by atoms with Crippen molar-refractivity contribution in [2.24, 2.45) is 5.92 Å². The summed E-state index contributed by atoms with van der Waals surface area (Å²) >= 11 is 1.84. The molecular formula is C20H24S. The minimum absolute atomic E-state index is 1.03. The van der Waals surface area contributed by atoms with Gasteiger partial charge in [0.1, 0.15) is 0 Å². The summed E-state index contributed by atoms with van der Waals surface area (Å²) in [5.41, 5.74) is 1.49. The maximum absolute atomic E-state index is 2.31. The highest BCUT2D eigenvalue weighted by atomic mass is 32.2. The summed E-state index contributed by atoms with van der Waals surface area (Å²) in [6.45, 7) is 0. The van der Waals surface area contributed by atoms with Crippen LogP contribution in [0.2, 0.25) is 0 Å². The fourth-order valence-electron chi connectivity index (χ4n) is 3.24. The summed E-state index contributed by atoms with van der Waals surface area (Å²) in [5, 5.41) is 0. The summed E-state index contributed by atoms with van der Waals surface area (Å²) in [4.78, 5) is 2.65. The van der Waals surface area contributed by atoms with E-state index >= 15 is 0 Å². The van der Waals surface area contributed by atoms with E-state index in [1.807, 2.05) is 11.8 Å². The molecule has 0 heterocycles. The second-order valence-corrected chi connectivity index (χ2v) is 7.25. The van der Waals surface area contributed by atoms with Gasteiger partial charge in [0, 0.05) is 9.79 Å². The molecule has 2 aromatic carbocycles. The Bertz CT molecular complexity index is 524. The van der Waals surface area contributed by atoms with Crippen molar-refractivity contribution in [3.8, 4) is 0 Å². The molecule has 0 N–H and O–H groups in total. The average molecular weight is 296 g/mol. The van der Waals surface area contributed by atoms with Crippen LogP contribution in [0.3, 0.4) is 0 Å². The Morgan fingerprint density at radius 1 is 0.810 bits per heavy atom. The number of hydrogen-bond donors (Lipinski definition) is 0. The molecule has 0 bridgehead atoms. The van der Waals surface area contributed by atoms with Crippen LogP contribution in [0.4, 0.5) is 0 Å². The van der Waals surface area contributed by atoms with Gasteiger partial charge in [-0.15, -0.1) is 0 Å². The normalized spacial score (nSPS) is 15.4. The molecule has 3 rings (SSSR count). The third-order valence-electron chi connectivity index (χ3n) is 4.45. The summed E-state index contributed by atoms with van der Waals surface area (Å²) in [7, 11) is 0. The molecule has 1 aliphatic rings. The lowest BCUT2D eigenvalue weighted by molar-refractivity contribution is 0.484. The molecule has 0 aromatic heterocycles. The van der Waals surface area contributed by atoms with Crippen molar-refractivity contribution in [3.63, 3.8) is 0 Å². The standard InChI is InChI=1S/C20H24S/c1-2-11-19(12-3-1)21-20-15-13-18(14-16-20)10-6-9-17-7-4-5-8-17/h1-3,11-17H,4-10H2. The first-order chi connectivity index (χ1) is 10.4. The molecule has 0 aliphatic heterocycles. The van der Waals surface area contributed by atoms with Crippen LogP contribution in [-0.4, -0.2) is 0 Å². The van der Waals surface area contributed by atoms with Gasteiger partial charge in [0.05, 0.1) is 0 Å². The molecule has 0 saturated heterocycles. The van der Waals surface area contributed by atoms with E-state index in [2.05, 4.69) is 54.6 Å². The van der Waals surface area contributed by atoms with Crippen molar-refractivity contribution in [2.45, 2.75) is 54.7 Å². The van der Waals surface area contributed by atoms with Crippen LogP contribution in [0, 0.1) is 5.92 Å². The lowest BCUT2D eigenvalue weighted by Crippen LogP contribution is -1.94. The number of benzene rings is 2. The van der Waals surface area contributed by atoms with Gasteiger partial charge in [-0.1, -0.05) is 74.2 Å². The molecule has 2 aromatic rings. The maximum atomic E-state index is 2.31. The molecular weight excluding hydrogens is 272 g/mol. The zero-order chi connectivity index (χ0) is 14.3. The Hall–Kier alpha value is -1.21. The average Bonchev–Trinajstić information content (AvgIpc) is 3.03. The van der Waals surface area contributed by atoms with Crippen molar-refractivity contribution in [3.05, 3.63) is 60.2 Å². The fraction of sp³-hybridized carbons (Fsp3) is 0.400.